The van der Waals surface area contributed by atoms with Crippen molar-refractivity contribution < 1.29 is 4.74 Å². The molecule has 0 aliphatic carbocycles. The third-order valence-electron chi connectivity index (χ3n) is 2.78. The number of likely N-dealkylation sites (N-methyl/N-ethyl adjacent to an activating group) is 1. The summed E-state index contributed by atoms with van der Waals surface area (Å²) < 4.78 is 6.46. The molecular weight excluding hydrogens is 312 g/mol. The highest BCUT2D eigenvalue weighted by molar-refractivity contribution is 9.10. The number of halogens is 1. The topological polar surface area (TPSA) is 34.2 Å². The largest absolute Gasteiger partial charge is 0.496 e. The minimum atomic E-state index is 0.208. The Morgan fingerprint density at radius 1 is 1.50 bits per heavy atom. The van der Waals surface area contributed by atoms with Gasteiger partial charge in [0, 0.05) is 34.1 Å². The number of aromatic nitrogens is 1. The van der Waals surface area contributed by atoms with Crippen LogP contribution >= 0.6 is 27.3 Å². The Bertz CT molecular complexity index is 502. The Kier molecular flexibility index (Phi) is 4.74. The van der Waals surface area contributed by atoms with Crippen LogP contribution < -0.4 is 10.1 Å². The van der Waals surface area contributed by atoms with Gasteiger partial charge in [-0.3, -0.25) is 0 Å². The summed E-state index contributed by atoms with van der Waals surface area (Å²) in [6, 6.07) is 6.31. The van der Waals surface area contributed by atoms with Crippen LogP contribution in [0.1, 0.15) is 16.6 Å². The molecule has 1 aromatic heterocycles. The molecule has 1 atom stereocenters. The Balaban J connectivity index is 2.26. The van der Waals surface area contributed by atoms with E-state index in [1.807, 2.05) is 30.8 Å². The fourth-order valence-electron chi connectivity index (χ4n) is 1.87. The normalized spacial score (nSPS) is 12.4. The van der Waals surface area contributed by atoms with Crippen molar-refractivity contribution in [2.75, 3.05) is 14.2 Å². The van der Waals surface area contributed by atoms with Crippen LogP contribution in [0.3, 0.4) is 0 Å². The van der Waals surface area contributed by atoms with Crippen LogP contribution in [0.5, 0.6) is 5.75 Å². The number of thiazole rings is 1. The number of methoxy groups -OCH3 is 1. The van der Waals surface area contributed by atoms with E-state index >= 15 is 0 Å². The first-order chi connectivity index (χ1) is 8.74. The molecule has 18 heavy (non-hydrogen) atoms. The van der Waals surface area contributed by atoms with Gasteiger partial charge in [0.25, 0.3) is 0 Å². The van der Waals surface area contributed by atoms with Crippen LogP contribution in [0.15, 0.2) is 34.2 Å². The third-order valence-corrected chi connectivity index (χ3v) is 4.08. The van der Waals surface area contributed by atoms with E-state index < -0.39 is 0 Å². The molecule has 3 nitrogen and oxygen atoms in total. The Labute approximate surface area is 119 Å². The maximum atomic E-state index is 5.44. The van der Waals surface area contributed by atoms with Crippen LogP contribution in [0.25, 0.3) is 0 Å². The molecule has 0 fully saturated rings. The van der Waals surface area contributed by atoms with E-state index in [0.717, 1.165) is 27.2 Å². The van der Waals surface area contributed by atoms with Gasteiger partial charge in [0.1, 0.15) is 5.75 Å². The molecule has 0 saturated carbocycles. The zero-order valence-electron chi connectivity index (χ0n) is 10.3. The Hall–Kier alpha value is -0.910. The number of rotatable bonds is 5. The first-order valence-electron chi connectivity index (χ1n) is 5.63. The van der Waals surface area contributed by atoms with E-state index in [4.69, 9.17) is 4.74 Å². The van der Waals surface area contributed by atoms with Gasteiger partial charge in [-0.1, -0.05) is 22.0 Å². The van der Waals surface area contributed by atoms with Crippen molar-refractivity contribution in [2.45, 2.75) is 12.5 Å². The van der Waals surface area contributed by atoms with Crippen molar-refractivity contribution in [2.24, 2.45) is 0 Å². The van der Waals surface area contributed by atoms with Crippen LogP contribution in [0.2, 0.25) is 0 Å². The monoisotopic (exact) mass is 326 g/mol. The highest BCUT2D eigenvalue weighted by Crippen LogP contribution is 2.30. The summed E-state index contributed by atoms with van der Waals surface area (Å²) in [5.74, 6) is 0.889. The molecule has 2 rings (SSSR count). The Morgan fingerprint density at radius 2 is 2.33 bits per heavy atom. The lowest BCUT2D eigenvalue weighted by molar-refractivity contribution is 0.401. The molecule has 0 amide bonds. The van der Waals surface area contributed by atoms with Crippen molar-refractivity contribution in [3.63, 3.8) is 0 Å². The van der Waals surface area contributed by atoms with Crippen LogP contribution in [0.4, 0.5) is 0 Å². The quantitative estimate of drug-likeness (QED) is 0.914. The minimum absolute atomic E-state index is 0.208. The standard InChI is InChI=1S/C13H15BrN2OS/c1-15-11(8-13-16-5-6-18-13)10-4-3-9(14)7-12(10)17-2/h3-7,11,15H,8H2,1-2H3. The highest BCUT2D eigenvalue weighted by Gasteiger charge is 2.16. The summed E-state index contributed by atoms with van der Waals surface area (Å²) >= 11 is 5.13. The van der Waals surface area contributed by atoms with Gasteiger partial charge in [0.15, 0.2) is 0 Å². The molecule has 0 saturated heterocycles. The van der Waals surface area contributed by atoms with Crippen molar-refractivity contribution in [3.05, 3.63) is 44.8 Å². The molecule has 0 aliphatic rings. The third kappa shape index (κ3) is 3.10. The molecule has 0 spiro atoms. The minimum Gasteiger partial charge on any atom is -0.496 e. The van der Waals surface area contributed by atoms with Gasteiger partial charge in [-0.15, -0.1) is 11.3 Å². The fraction of sp³-hybridized carbons (Fsp3) is 0.308. The van der Waals surface area contributed by atoms with E-state index in [1.54, 1.807) is 18.4 Å². The van der Waals surface area contributed by atoms with Crippen molar-refractivity contribution >= 4 is 27.3 Å². The summed E-state index contributed by atoms with van der Waals surface area (Å²) in [5, 5.41) is 6.45. The predicted octanol–water partition coefficient (Wildman–Crippen LogP) is 3.42. The van der Waals surface area contributed by atoms with Gasteiger partial charge in [0.05, 0.1) is 12.1 Å². The van der Waals surface area contributed by atoms with Crippen molar-refractivity contribution in [3.8, 4) is 5.75 Å². The predicted molar refractivity (Wildman–Crippen MR) is 78.3 cm³/mol. The van der Waals surface area contributed by atoms with Gasteiger partial charge < -0.3 is 10.1 Å². The lowest BCUT2D eigenvalue weighted by Gasteiger charge is -2.18. The molecule has 96 valence electrons. The Morgan fingerprint density at radius 3 is 2.94 bits per heavy atom. The van der Waals surface area contributed by atoms with Gasteiger partial charge in [-0.25, -0.2) is 4.98 Å². The molecule has 5 heteroatoms. The molecule has 2 aromatic rings. The van der Waals surface area contributed by atoms with E-state index in [1.165, 1.54) is 0 Å². The van der Waals surface area contributed by atoms with E-state index in [-0.39, 0.29) is 6.04 Å². The van der Waals surface area contributed by atoms with Crippen LogP contribution in [0, 0.1) is 0 Å². The summed E-state index contributed by atoms with van der Waals surface area (Å²) in [5.41, 5.74) is 1.15. The summed E-state index contributed by atoms with van der Waals surface area (Å²) in [6.45, 7) is 0. The molecule has 1 heterocycles. The maximum Gasteiger partial charge on any atom is 0.124 e. The summed E-state index contributed by atoms with van der Waals surface area (Å²) in [7, 11) is 3.65. The first kappa shape index (κ1) is 13.5. The second-order valence-corrected chi connectivity index (χ2v) is 5.75. The van der Waals surface area contributed by atoms with E-state index in [2.05, 4.69) is 32.3 Å². The molecule has 1 aromatic carbocycles. The molecule has 0 radical (unpaired) electrons. The first-order valence-corrected chi connectivity index (χ1v) is 7.31. The summed E-state index contributed by atoms with van der Waals surface area (Å²) in [6.07, 6.45) is 2.71. The van der Waals surface area contributed by atoms with Crippen LogP contribution in [-0.2, 0) is 6.42 Å². The van der Waals surface area contributed by atoms with Gasteiger partial charge in [0.2, 0.25) is 0 Å². The molecule has 0 bridgehead atoms. The number of hydrogen-bond acceptors (Lipinski definition) is 4. The zero-order chi connectivity index (χ0) is 13.0. The maximum absolute atomic E-state index is 5.44. The summed E-state index contributed by atoms with van der Waals surface area (Å²) in [4.78, 5) is 4.33. The van der Waals surface area contributed by atoms with E-state index in [9.17, 15) is 0 Å². The average Bonchev–Trinajstić information content (AvgIpc) is 2.89. The number of nitrogens with zero attached hydrogens (tertiary/aromatic N) is 1. The lowest BCUT2D eigenvalue weighted by atomic mass is 10.0. The number of nitrogens with one attached hydrogen (secondary N) is 1. The van der Waals surface area contributed by atoms with Gasteiger partial charge >= 0.3 is 0 Å². The molecular formula is C13H15BrN2OS. The second kappa shape index (κ2) is 6.31. The van der Waals surface area contributed by atoms with Gasteiger partial charge in [-0.05, 0) is 19.2 Å². The van der Waals surface area contributed by atoms with E-state index in [0.29, 0.717) is 0 Å². The smallest absolute Gasteiger partial charge is 0.124 e. The highest BCUT2D eigenvalue weighted by atomic mass is 79.9. The van der Waals surface area contributed by atoms with Crippen molar-refractivity contribution in [1.29, 1.82) is 0 Å². The lowest BCUT2D eigenvalue weighted by Crippen LogP contribution is -2.19. The molecule has 1 unspecified atom stereocenters. The zero-order valence-corrected chi connectivity index (χ0v) is 12.7. The molecule has 1 N–H and O–H groups in total. The SMILES string of the molecule is CNC(Cc1nccs1)c1ccc(Br)cc1OC. The average molecular weight is 327 g/mol. The molecule has 0 aliphatic heterocycles. The van der Waals surface area contributed by atoms with Crippen molar-refractivity contribution in [1.82, 2.24) is 10.3 Å². The number of hydrogen-bond donors (Lipinski definition) is 1. The fourth-order valence-corrected chi connectivity index (χ4v) is 2.87. The number of ether oxygens (including phenoxy) is 1. The van der Waals surface area contributed by atoms with Gasteiger partial charge in [-0.2, -0.15) is 0 Å². The second-order valence-electron chi connectivity index (χ2n) is 3.86. The van der Waals surface area contributed by atoms with Crippen LogP contribution in [-0.4, -0.2) is 19.1 Å². The number of benzene rings is 1.